The summed E-state index contributed by atoms with van der Waals surface area (Å²) < 4.78 is 82.8. The normalized spacial score (nSPS) is 20.0. The summed E-state index contributed by atoms with van der Waals surface area (Å²) in [6, 6.07) is 16.1. The molecule has 2 aliphatic carbocycles. The molecule has 4 aliphatic rings. The van der Waals surface area contributed by atoms with E-state index in [0.29, 0.717) is 54.2 Å². The average Bonchev–Trinajstić information content (AvgIpc) is 1.72. The maximum absolute atomic E-state index is 14.5. The quantitative estimate of drug-likeness (QED) is 0.0245. The number of halogens is 1. The first-order chi connectivity index (χ1) is 47.0. The Bertz CT molecular complexity index is 4280. The zero-order chi connectivity index (χ0) is 74.6. The van der Waals surface area contributed by atoms with E-state index in [1.165, 1.54) is 11.0 Å². The molecule has 6 aromatic rings. The summed E-state index contributed by atoms with van der Waals surface area (Å²) in [6.07, 6.45) is 6.49. The molecule has 0 spiro atoms. The number of carbonyl (C=O) groups is 6. The van der Waals surface area contributed by atoms with Crippen LogP contribution in [-0.4, -0.2) is 173 Å². The van der Waals surface area contributed by atoms with E-state index in [1.807, 2.05) is 96.1 Å². The number of benzene rings is 2. The summed E-state index contributed by atoms with van der Waals surface area (Å²) in [5, 5.41) is 25.2. The Morgan fingerprint density at radius 2 is 0.990 bits per heavy atom. The van der Waals surface area contributed by atoms with Gasteiger partial charge < -0.3 is 59.2 Å². The standard InChI is InChI=1S/C36H49N5O8S.C25H44N4O7S.C11H6ClNO/c1-9-17-36(8,32(43)40-50(45,46)24-14-15-24)37-20-22-19-23(48-30-26-13-11-10-12-25(26)28-27(38-30)16-18-47-28)21-41(22)31(42)29(34(2,3)4)39-33(44)49-35(5,6)7;1-9-12-25(8,21(32)28-37(34,35)18-10-11-18)26-14-16-13-17(30)15-29(16)20(31)19(23(2,3)4)27-22(33)36-24(5,6)7;12-11-8-4-2-1-3-7(8)10-9(13-11)5-6-14-10/h9-13,16,18,22-24,29,37H,1,14-15,17,19-21H2,2-8H3,(H,39,44)(H,40,43);9,16-19,26,30H,1,10-15H2,2-8H3,(H,27,33)(H,28,32);1-6H/t22-,23+,29+,36+;16-,17+,19+,25+;/m00./s1. The third-order valence-electron chi connectivity index (χ3n) is 17.6. The number of pyridine rings is 2. The molecule has 2 saturated carbocycles. The SMILES string of the molecule is C=CC[C@@](C)(NC[C@@H]1C[C@@H](O)CN1C(=O)[C@@H](NC(=O)OC(C)(C)C)C(C)(C)C)C(=O)NS(=O)(=O)C1CC1.C=CC[C@@](C)(NC[C@@H]1C[C@@H](Oc2nc3ccoc3c3ccccc23)CN1C(=O)[C@@H](NC(=O)OC(C)(C)C)C(C)(C)C)C(=O)NS(=O)(=O)C1CC1.Clc1nc2ccoc2c2ccccc12. The van der Waals surface area contributed by atoms with Gasteiger partial charge in [0, 0.05) is 71.8 Å². The molecular formula is C72H99ClN10O16S2. The van der Waals surface area contributed by atoms with Crippen LogP contribution in [0.1, 0.15) is 148 Å². The molecule has 0 bridgehead atoms. The minimum atomic E-state index is -3.80. The number of likely N-dealkylation sites (tertiary alicyclic amines) is 2. The number of aliphatic hydroxyl groups is 1. The molecule has 7 N–H and O–H groups in total. The number of carbonyl (C=O) groups excluding carboxylic acids is 6. The number of furan rings is 2. The van der Waals surface area contributed by atoms with Gasteiger partial charge in [-0.1, -0.05) is 108 Å². The number of sulfonamides is 2. The van der Waals surface area contributed by atoms with E-state index < -0.39 is 124 Å². The van der Waals surface area contributed by atoms with Gasteiger partial charge in [-0.15, -0.1) is 13.2 Å². The molecule has 4 aromatic heterocycles. The van der Waals surface area contributed by atoms with Gasteiger partial charge in [0.15, 0.2) is 11.2 Å². The second-order valence-corrected chi connectivity index (χ2v) is 35.3. The summed E-state index contributed by atoms with van der Waals surface area (Å²) in [4.78, 5) is 92.1. The highest BCUT2D eigenvalue weighted by Gasteiger charge is 2.48. The highest BCUT2D eigenvalue weighted by atomic mass is 35.5. The van der Waals surface area contributed by atoms with Crippen molar-refractivity contribution in [2.24, 2.45) is 10.8 Å². The van der Waals surface area contributed by atoms with Crippen molar-refractivity contribution in [2.45, 2.75) is 217 Å². The van der Waals surface area contributed by atoms with Gasteiger partial charge in [-0.25, -0.2) is 36.4 Å². The molecule has 10 rings (SSSR count). The van der Waals surface area contributed by atoms with Crippen LogP contribution in [0.15, 0.2) is 107 Å². The van der Waals surface area contributed by atoms with Crippen molar-refractivity contribution in [1.29, 1.82) is 0 Å². The first-order valence-corrected chi connectivity index (χ1v) is 37.4. The van der Waals surface area contributed by atoms with Gasteiger partial charge in [0.05, 0.1) is 46.8 Å². The first kappa shape index (κ1) is 78.8. The van der Waals surface area contributed by atoms with Crippen LogP contribution in [0.25, 0.3) is 43.7 Å². The lowest BCUT2D eigenvalue weighted by Crippen LogP contribution is -2.60. The number of alkyl carbamates (subject to hydrolysis) is 2. The van der Waals surface area contributed by atoms with Crippen molar-refractivity contribution in [3.05, 3.63) is 104 Å². The predicted molar refractivity (Wildman–Crippen MR) is 387 cm³/mol. The van der Waals surface area contributed by atoms with Crippen molar-refractivity contribution in [1.82, 2.24) is 50.5 Å². The fourth-order valence-electron chi connectivity index (χ4n) is 11.9. The first-order valence-electron chi connectivity index (χ1n) is 33.9. The van der Waals surface area contributed by atoms with Crippen molar-refractivity contribution in [3.8, 4) is 5.88 Å². The molecule has 6 amide bonds. The summed E-state index contributed by atoms with van der Waals surface area (Å²) in [7, 11) is -7.54. The summed E-state index contributed by atoms with van der Waals surface area (Å²) >= 11 is 6.04. The van der Waals surface area contributed by atoms with Crippen LogP contribution in [0.2, 0.25) is 5.15 Å². The number of amides is 6. The number of hydrogen-bond acceptors (Lipinski definition) is 20. The second-order valence-electron chi connectivity index (χ2n) is 31.0. The van der Waals surface area contributed by atoms with Gasteiger partial charge in [0.2, 0.25) is 37.7 Å². The van der Waals surface area contributed by atoms with E-state index in [2.05, 4.69) is 48.9 Å². The number of aromatic nitrogens is 2. The Labute approximate surface area is 596 Å². The van der Waals surface area contributed by atoms with E-state index in [-0.39, 0.29) is 57.3 Å². The number of hydrogen-bond donors (Lipinski definition) is 7. The van der Waals surface area contributed by atoms with Crippen LogP contribution >= 0.6 is 11.6 Å². The van der Waals surface area contributed by atoms with Crippen LogP contribution in [0.5, 0.6) is 5.88 Å². The predicted octanol–water partition coefficient (Wildman–Crippen LogP) is 9.86. The maximum atomic E-state index is 14.5. The average molecular weight is 1460 g/mol. The number of nitrogens with zero attached hydrogens (tertiary/aromatic N) is 4. The van der Waals surface area contributed by atoms with Gasteiger partial charge in [0.25, 0.3) is 11.8 Å². The Morgan fingerprint density at radius 1 is 0.594 bits per heavy atom. The molecule has 8 atom stereocenters. The number of β-amino-alcohol motifs (C(OH)–C–C–N with tert-alkyl or cyclic N) is 1. The summed E-state index contributed by atoms with van der Waals surface area (Å²) in [5.74, 6) is -1.74. The minimum Gasteiger partial charge on any atom is -0.472 e. The number of ether oxygens (including phenoxy) is 3. The van der Waals surface area contributed by atoms with Crippen LogP contribution in [-0.2, 0) is 48.7 Å². The van der Waals surface area contributed by atoms with Gasteiger partial charge in [-0.2, -0.15) is 0 Å². The maximum Gasteiger partial charge on any atom is 0.408 e. The molecule has 552 valence electrons. The van der Waals surface area contributed by atoms with Gasteiger partial charge in [-0.3, -0.25) is 28.6 Å². The fraction of sp³-hybridized carbons (Fsp3) is 0.556. The molecule has 0 radical (unpaired) electrons. The van der Waals surface area contributed by atoms with Crippen LogP contribution in [0, 0.1) is 10.8 Å². The van der Waals surface area contributed by atoms with E-state index in [1.54, 1.807) is 85.0 Å². The lowest BCUT2D eigenvalue weighted by Gasteiger charge is -2.37. The molecule has 2 saturated heterocycles. The lowest BCUT2D eigenvalue weighted by atomic mass is 9.85. The fourth-order valence-corrected chi connectivity index (χ4v) is 15.0. The van der Waals surface area contributed by atoms with Crippen LogP contribution in [0.4, 0.5) is 9.59 Å². The molecule has 29 heteroatoms. The number of fused-ring (bicyclic) bond motifs is 6. The summed E-state index contributed by atoms with van der Waals surface area (Å²) in [6.45, 7) is 32.5. The number of nitrogens with one attached hydrogen (secondary N) is 6. The molecule has 6 heterocycles. The summed E-state index contributed by atoms with van der Waals surface area (Å²) in [5.41, 5.74) is -2.66. The van der Waals surface area contributed by atoms with Gasteiger partial charge >= 0.3 is 12.2 Å². The monoisotopic (exact) mass is 1460 g/mol. The lowest BCUT2D eigenvalue weighted by molar-refractivity contribution is -0.138. The Balaban J connectivity index is 0.000000220. The van der Waals surface area contributed by atoms with Crippen LogP contribution in [0.3, 0.4) is 0 Å². The molecule has 26 nitrogen and oxygen atoms in total. The Morgan fingerprint density at radius 3 is 1.41 bits per heavy atom. The number of rotatable bonds is 22. The van der Waals surface area contributed by atoms with E-state index in [0.717, 1.165) is 32.6 Å². The molecule has 101 heavy (non-hydrogen) atoms. The smallest absolute Gasteiger partial charge is 0.408 e. The van der Waals surface area contributed by atoms with Gasteiger partial charge in [0.1, 0.15) is 45.6 Å². The van der Waals surface area contributed by atoms with E-state index in [9.17, 15) is 50.7 Å². The Hall–Kier alpha value is -7.89. The molecule has 2 aliphatic heterocycles. The molecule has 4 fully saturated rings. The molecule has 0 unspecified atom stereocenters. The third-order valence-corrected chi connectivity index (χ3v) is 21.6. The highest BCUT2D eigenvalue weighted by Crippen LogP contribution is 2.37. The topological polar surface area (TPSA) is 349 Å². The van der Waals surface area contributed by atoms with Gasteiger partial charge in [-0.05, 0) is 117 Å². The van der Waals surface area contributed by atoms with Crippen molar-refractivity contribution < 1.29 is 73.8 Å². The zero-order valence-corrected chi connectivity index (χ0v) is 62.5. The number of aliphatic hydroxyl groups excluding tert-OH is 1. The Kier molecular flexibility index (Phi) is 24.2. The van der Waals surface area contributed by atoms with Crippen molar-refractivity contribution in [3.63, 3.8) is 0 Å². The van der Waals surface area contributed by atoms with Crippen LogP contribution < -0.4 is 35.4 Å². The molecule has 2 aromatic carbocycles. The molecular weight excluding hydrogens is 1360 g/mol. The second kappa shape index (κ2) is 31.0. The van der Waals surface area contributed by atoms with Crippen molar-refractivity contribution in [2.75, 3.05) is 26.2 Å². The van der Waals surface area contributed by atoms with E-state index >= 15 is 0 Å². The third kappa shape index (κ3) is 20.3. The zero-order valence-electron chi connectivity index (χ0n) is 60.2. The van der Waals surface area contributed by atoms with Crippen molar-refractivity contribution >= 4 is 111 Å². The minimum absolute atomic E-state index is 0.0637. The highest BCUT2D eigenvalue weighted by molar-refractivity contribution is 7.91. The van der Waals surface area contributed by atoms with E-state index in [4.69, 9.17) is 39.6 Å². The largest absolute Gasteiger partial charge is 0.472 e.